The van der Waals surface area contributed by atoms with Crippen LogP contribution in [0.25, 0.3) is 0 Å². The molecule has 4 aromatic carbocycles. The lowest BCUT2D eigenvalue weighted by atomic mass is 10.2. The van der Waals surface area contributed by atoms with Crippen molar-refractivity contribution < 1.29 is 9.47 Å². The first-order valence-electron chi connectivity index (χ1n) is 12.0. The van der Waals surface area contributed by atoms with E-state index in [4.69, 9.17) is 33.9 Å². The number of hydrogen-bond donors (Lipinski definition) is 2. The van der Waals surface area contributed by atoms with Gasteiger partial charge in [-0.05, 0) is 97.9 Å². The van der Waals surface area contributed by atoms with E-state index < -0.39 is 0 Å². The second kappa shape index (κ2) is 14.2. The summed E-state index contributed by atoms with van der Waals surface area (Å²) in [6, 6.07) is 32.7. The molecule has 4 rings (SSSR count). The van der Waals surface area contributed by atoms with Crippen molar-refractivity contribution in [1.82, 2.24) is 0 Å². The molecule has 0 atom stereocenters. The first-order valence-corrected chi connectivity index (χ1v) is 14.9. The molecular weight excluding hydrogens is 549 g/mol. The number of ether oxygens (including phenoxy) is 2. The molecule has 194 valence electrons. The van der Waals surface area contributed by atoms with Crippen molar-refractivity contribution >= 4 is 67.7 Å². The first-order chi connectivity index (χ1) is 18.4. The second-order valence-corrected chi connectivity index (χ2v) is 11.6. The number of benzene rings is 4. The summed E-state index contributed by atoms with van der Waals surface area (Å²) in [5, 5.41) is 6.93. The highest BCUT2D eigenvalue weighted by Crippen LogP contribution is 2.37. The van der Waals surface area contributed by atoms with Crippen molar-refractivity contribution in [2.45, 2.75) is 36.9 Å². The van der Waals surface area contributed by atoms with E-state index in [0.29, 0.717) is 23.6 Å². The highest BCUT2D eigenvalue weighted by Gasteiger charge is 2.04. The van der Waals surface area contributed by atoms with Crippen LogP contribution in [0.1, 0.15) is 22.3 Å². The molecule has 4 nitrogen and oxygen atoms in total. The van der Waals surface area contributed by atoms with Gasteiger partial charge in [0, 0.05) is 21.2 Å². The standard InChI is InChI=1S/C30H28N2O2S4/c1-21-3-11-25(12-4-21)31-29(35)33-19-23-7-15-27(16-8-23)37-38-28-17-9-24(10-18-28)20-34-30(36)32-26-13-5-22(2)6-14-26/h3-18H,19-20H2,1-2H3,(H,31,35)(H,32,36). The number of thiocarbonyl (C=S) groups is 2. The fraction of sp³-hybridized carbons (Fsp3) is 0.133. The Labute approximate surface area is 242 Å². The number of anilines is 2. The SMILES string of the molecule is Cc1ccc(NC(=S)OCc2ccc(SSc3ccc(COC(=S)Nc4ccc(C)cc4)cc3)cc2)cc1. The molecule has 8 heteroatoms. The van der Waals surface area contributed by atoms with Crippen molar-refractivity contribution in [3.8, 4) is 0 Å². The molecule has 0 radical (unpaired) electrons. The van der Waals surface area contributed by atoms with Crippen molar-refractivity contribution in [2.75, 3.05) is 10.6 Å². The van der Waals surface area contributed by atoms with Gasteiger partial charge < -0.3 is 20.1 Å². The van der Waals surface area contributed by atoms with E-state index in [1.807, 2.05) is 48.5 Å². The summed E-state index contributed by atoms with van der Waals surface area (Å²) >= 11 is 10.6. The van der Waals surface area contributed by atoms with Crippen LogP contribution < -0.4 is 10.6 Å². The maximum Gasteiger partial charge on any atom is 0.261 e. The minimum absolute atomic E-state index is 0.362. The average Bonchev–Trinajstić information content (AvgIpc) is 2.93. The number of rotatable bonds is 9. The quantitative estimate of drug-likeness (QED) is 0.151. The van der Waals surface area contributed by atoms with Crippen molar-refractivity contribution in [3.63, 3.8) is 0 Å². The van der Waals surface area contributed by atoms with Crippen LogP contribution in [0.5, 0.6) is 0 Å². The summed E-state index contributed by atoms with van der Waals surface area (Å²) in [6.07, 6.45) is 0. The highest BCUT2D eigenvalue weighted by molar-refractivity contribution is 8.76. The summed E-state index contributed by atoms with van der Waals surface area (Å²) in [4.78, 5) is 2.33. The van der Waals surface area contributed by atoms with Gasteiger partial charge in [-0.1, -0.05) is 81.2 Å². The lowest BCUT2D eigenvalue weighted by Gasteiger charge is -2.11. The molecule has 0 bridgehead atoms. The molecule has 0 fully saturated rings. The van der Waals surface area contributed by atoms with Gasteiger partial charge in [0.1, 0.15) is 13.2 Å². The van der Waals surface area contributed by atoms with Crippen molar-refractivity contribution in [2.24, 2.45) is 0 Å². The van der Waals surface area contributed by atoms with E-state index in [-0.39, 0.29) is 0 Å². The van der Waals surface area contributed by atoms with Gasteiger partial charge in [-0.15, -0.1) is 0 Å². The van der Waals surface area contributed by atoms with Crippen LogP contribution >= 0.6 is 46.0 Å². The smallest absolute Gasteiger partial charge is 0.261 e. The monoisotopic (exact) mass is 576 g/mol. The van der Waals surface area contributed by atoms with E-state index in [9.17, 15) is 0 Å². The van der Waals surface area contributed by atoms with Gasteiger partial charge in [-0.2, -0.15) is 0 Å². The predicted octanol–water partition coefficient (Wildman–Crippen LogP) is 8.93. The maximum absolute atomic E-state index is 5.70. The zero-order chi connectivity index (χ0) is 26.7. The van der Waals surface area contributed by atoms with Crippen LogP contribution in [0, 0.1) is 13.8 Å². The van der Waals surface area contributed by atoms with Gasteiger partial charge in [-0.3, -0.25) is 0 Å². The maximum atomic E-state index is 5.70. The van der Waals surface area contributed by atoms with Crippen LogP contribution in [0.2, 0.25) is 0 Å². The lowest BCUT2D eigenvalue weighted by Crippen LogP contribution is -2.13. The third-order valence-electron chi connectivity index (χ3n) is 5.42. The molecule has 4 aromatic rings. The molecule has 2 N–H and O–H groups in total. The molecule has 0 aromatic heterocycles. The lowest BCUT2D eigenvalue weighted by molar-refractivity contribution is 0.300. The van der Waals surface area contributed by atoms with Crippen LogP contribution in [-0.2, 0) is 22.7 Å². The minimum Gasteiger partial charge on any atom is -0.466 e. The van der Waals surface area contributed by atoms with E-state index in [0.717, 1.165) is 22.5 Å². The molecule has 0 saturated carbocycles. The van der Waals surface area contributed by atoms with Gasteiger partial charge in [0.2, 0.25) is 0 Å². The Kier molecular flexibility index (Phi) is 10.5. The van der Waals surface area contributed by atoms with Crippen LogP contribution in [0.4, 0.5) is 11.4 Å². The molecule has 0 saturated heterocycles. The van der Waals surface area contributed by atoms with Gasteiger partial charge in [-0.25, -0.2) is 0 Å². The molecule has 0 unspecified atom stereocenters. The first kappa shape index (κ1) is 28.0. The molecule has 38 heavy (non-hydrogen) atoms. The summed E-state index contributed by atoms with van der Waals surface area (Å²) in [6.45, 7) is 4.94. The fourth-order valence-corrected chi connectivity index (χ4v) is 5.54. The van der Waals surface area contributed by atoms with Crippen LogP contribution in [-0.4, -0.2) is 10.3 Å². The molecule has 0 aliphatic rings. The Hall–Kier alpha value is -3.04. The summed E-state index contributed by atoms with van der Waals surface area (Å²) in [5.41, 5.74) is 6.37. The number of nitrogens with one attached hydrogen (secondary N) is 2. The van der Waals surface area contributed by atoms with Crippen LogP contribution in [0.15, 0.2) is 107 Å². The molecule has 0 heterocycles. The van der Waals surface area contributed by atoms with Gasteiger partial charge in [0.15, 0.2) is 0 Å². The van der Waals surface area contributed by atoms with Gasteiger partial charge in [0.25, 0.3) is 10.3 Å². The Bertz CT molecular complexity index is 1230. The average molecular weight is 577 g/mol. The fourth-order valence-electron chi connectivity index (χ4n) is 3.26. The summed E-state index contributed by atoms with van der Waals surface area (Å²) in [7, 11) is 3.42. The largest absolute Gasteiger partial charge is 0.466 e. The summed E-state index contributed by atoms with van der Waals surface area (Å²) in [5.74, 6) is 0. The zero-order valence-corrected chi connectivity index (χ0v) is 24.4. The zero-order valence-electron chi connectivity index (χ0n) is 21.1. The Morgan fingerprint density at radius 2 is 0.895 bits per heavy atom. The van der Waals surface area contributed by atoms with Gasteiger partial charge in [0.05, 0.1) is 0 Å². The number of aryl methyl sites for hydroxylation is 2. The Balaban J connectivity index is 1.16. The third-order valence-corrected chi connectivity index (χ3v) is 8.27. The van der Waals surface area contributed by atoms with E-state index >= 15 is 0 Å². The van der Waals surface area contributed by atoms with Crippen molar-refractivity contribution in [1.29, 1.82) is 0 Å². The van der Waals surface area contributed by atoms with Gasteiger partial charge >= 0.3 is 0 Å². The topological polar surface area (TPSA) is 42.5 Å². The normalized spacial score (nSPS) is 10.5. The number of hydrogen-bond acceptors (Lipinski definition) is 6. The van der Waals surface area contributed by atoms with E-state index in [1.165, 1.54) is 20.9 Å². The third kappa shape index (κ3) is 9.36. The van der Waals surface area contributed by atoms with E-state index in [1.54, 1.807) is 21.6 Å². The van der Waals surface area contributed by atoms with Crippen LogP contribution in [0.3, 0.4) is 0 Å². The molecule has 0 aliphatic carbocycles. The Morgan fingerprint density at radius 3 is 1.24 bits per heavy atom. The highest BCUT2D eigenvalue weighted by atomic mass is 33.1. The van der Waals surface area contributed by atoms with Crippen molar-refractivity contribution in [3.05, 3.63) is 119 Å². The predicted molar refractivity (Wildman–Crippen MR) is 169 cm³/mol. The minimum atomic E-state index is 0.362. The molecular formula is C30H28N2O2S4. The molecule has 0 spiro atoms. The molecule has 0 amide bonds. The summed E-state index contributed by atoms with van der Waals surface area (Å²) < 4.78 is 11.4. The van der Waals surface area contributed by atoms with E-state index in [2.05, 4.69) is 73.0 Å². The molecule has 0 aliphatic heterocycles. The second-order valence-electron chi connectivity index (χ2n) is 8.59. The Morgan fingerprint density at radius 1 is 0.553 bits per heavy atom.